The average Bonchev–Trinajstić information content (AvgIpc) is 3.28. The van der Waals surface area contributed by atoms with E-state index in [1.807, 2.05) is 29.6 Å². The Balaban J connectivity index is 2.05. The van der Waals surface area contributed by atoms with Crippen molar-refractivity contribution in [2.75, 3.05) is 13.7 Å². The molecule has 0 unspecified atom stereocenters. The number of para-hydroxylation sites is 1. The van der Waals surface area contributed by atoms with Crippen molar-refractivity contribution in [3.8, 4) is 5.75 Å². The Morgan fingerprint density at radius 2 is 2.11 bits per heavy atom. The average molecular weight is 402 g/mol. The molecule has 27 heavy (non-hydrogen) atoms. The lowest BCUT2D eigenvalue weighted by Crippen LogP contribution is -2.23. The van der Waals surface area contributed by atoms with Gasteiger partial charge in [-0.05, 0) is 36.6 Å². The van der Waals surface area contributed by atoms with Crippen molar-refractivity contribution in [2.24, 2.45) is 4.99 Å². The zero-order chi connectivity index (χ0) is 19.2. The maximum atomic E-state index is 12.3. The highest BCUT2D eigenvalue weighted by atomic mass is 32.1. The molecule has 6 nitrogen and oxygen atoms in total. The first kappa shape index (κ1) is 19.1. The third kappa shape index (κ3) is 4.53. The van der Waals surface area contributed by atoms with Gasteiger partial charge in [0.1, 0.15) is 17.8 Å². The van der Waals surface area contributed by atoms with Gasteiger partial charge in [0.05, 0.1) is 18.4 Å². The highest BCUT2D eigenvalue weighted by molar-refractivity contribution is 7.16. The fourth-order valence-electron chi connectivity index (χ4n) is 2.50. The van der Waals surface area contributed by atoms with Crippen LogP contribution >= 0.6 is 22.7 Å². The molecule has 0 bridgehead atoms. The molecule has 0 saturated carbocycles. The number of esters is 1. The molecule has 0 radical (unpaired) electrons. The molecule has 1 aromatic carbocycles. The van der Waals surface area contributed by atoms with Crippen LogP contribution in [0.1, 0.15) is 11.8 Å². The SMILES string of the molecule is CCOC(=O)Cn1c(=NC(=O)/C=C/c2cccs2)sc2cccc(OC)c21. The molecular formula is C19H18N2O4S2. The summed E-state index contributed by atoms with van der Waals surface area (Å²) in [4.78, 5) is 29.9. The third-order valence-electron chi connectivity index (χ3n) is 3.62. The normalized spacial score (nSPS) is 12.0. The molecule has 1 amide bonds. The predicted molar refractivity (Wildman–Crippen MR) is 107 cm³/mol. The van der Waals surface area contributed by atoms with Crippen molar-refractivity contribution in [3.05, 3.63) is 51.5 Å². The van der Waals surface area contributed by atoms with E-state index >= 15 is 0 Å². The van der Waals surface area contributed by atoms with E-state index in [0.717, 1.165) is 9.58 Å². The number of thiazole rings is 1. The van der Waals surface area contributed by atoms with Crippen molar-refractivity contribution in [1.29, 1.82) is 0 Å². The van der Waals surface area contributed by atoms with Gasteiger partial charge in [-0.15, -0.1) is 11.3 Å². The van der Waals surface area contributed by atoms with Gasteiger partial charge in [-0.25, -0.2) is 0 Å². The number of aromatic nitrogens is 1. The van der Waals surface area contributed by atoms with Crippen LogP contribution in [0.2, 0.25) is 0 Å². The number of rotatable bonds is 6. The van der Waals surface area contributed by atoms with Crippen LogP contribution in [0.5, 0.6) is 5.75 Å². The van der Waals surface area contributed by atoms with Crippen LogP contribution in [-0.4, -0.2) is 30.2 Å². The standard InChI is InChI=1S/C19H18N2O4S2/c1-3-25-17(23)12-21-18-14(24-2)7-4-8-15(18)27-19(21)20-16(22)10-9-13-6-5-11-26-13/h4-11H,3,12H2,1-2H3/b10-9+,20-19?. The molecule has 0 fully saturated rings. The van der Waals surface area contributed by atoms with E-state index in [1.165, 1.54) is 28.7 Å². The van der Waals surface area contributed by atoms with E-state index in [4.69, 9.17) is 9.47 Å². The van der Waals surface area contributed by atoms with Gasteiger partial charge in [0.2, 0.25) is 0 Å². The lowest BCUT2D eigenvalue weighted by Gasteiger charge is -2.08. The molecule has 0 aliphatic heterocycles. The van der Waals surface area contributed by atoms with Crippen molar-refractivity contribution in [2.45, 2.75) is 13.5 Å². The summed E-state index contributed by atoms with van der Waals surface area (Å²) in [5, 5.41) is 1.94. The van der Waals surface area contributed by atoms with Crippen molar-refractivity contribution in [3.63, 3.8) is 0 Å². The number of ether oxygens (including phenoxy) is 2. The predicted octanol–water partition coefficient (Wildman–Crippen LogP) is 3.48. The minimum atomic E-state index is -0.397. The number of hydrogen-bond acceptors (Lipinski definition) is 6. The van der Waals surface area contributed by atoms with E-state index in [2.05, 4.69) is 4.99 Å². The zero-order valence-electron chi connectivity index (χ0n) is 14.9. The fraction of sp³-hybridized carbons (Fsp3) is 0.211. The molecular weight excluding hydrogens is 384 g/mol. The molecule has 2 heterocycles. The van der Waals surface area contributed by atoms with Crippen LogP contribution in [0.25, 0.3) is 16.3 Å². The van der Waals surface area contributed by atoms with Crippen LogP contribution in [0.15, 0.2) is 46.8 Å². The minimum absolute atomic E-state index is 0.0467. The first-order valence-corrected chi connectivity index (χ1v) is 9.94. The maximum Gasteiger partial charge on any atom is 0.326 e. The third-order valence-corrected chi connectivity index (χ3v) is 5.50. The second-order valence-corrected chi connectivity index (χ2v) is 7.37. The number of hydrogen-bond donors (Lipinski definition) is 0. The van der Waals surface area contributed by atoms with Crippen molar-refractivity contribution >= 4 is 50.8 Å². The number of amides is 1. The van der Waals surface area contributed by atoms with Crippen molar-refractivity contribution in [1.82, 2.24) is 4.57 Å². The van der Waals surface area contributed by atoms with Crippen LogP contribution < -0.4 is 9.54 Å². The zero-order valence-corrected chi connectivity index (χ0v) is 16.5. The fourth-order valence-corrected chi connectivity index (χ4v) is 4.17. The topological polar surface area (TPSA) is 69.9 Å². The molecule has 0 spiro atoms. The Morgan fingerprint density at radius 3 is 2.81 bits per heavy atom. The second-order valence-electron chi connectivity index (χ2n) is 5.38. The summed E-state index contributed by atoms with van der Waals surface area (Å²) in [6.07, 6.45) is 3.14. The van der Waals surface area contributed by atoms with Gasteiger partial charge < -0.3 is 14.0 Å². The van der Waals surface area contributed by atoms with Gasteiger partial charge in [0.25, 0.3) is 5.91 Å². The van der Waals surface area contributed by atoms with Gasteiger partial charge in [0.15, 0.2) is 4.80 Å². The Bertz CT molecular complexity index is 1050. The molecule has 2 aromatic heterocycles. The summed E-state index contributed by atoms with van der Waals surface area (Å²) in [7, 11) is 1.56. The van der Waals surface area contributed by atoms with Crippen LogP contribution in [-0.2, 0) is 20.9 Å². The van der Waals surface area contributed by atoms with E-state index in [1.54, 1.807) is 30.7 Å². The lowest BCUT2D eigenvalue weighted by atomic mass is 10.3. The molecule has 3 rings (SSSR count). The minimum Gasteiger partial charge on any atom is -0.495 e. The highest BCUT2D eigenvalue weighted by Crippen LogP contribution is 2.27. The number of methoxy groups -OCH3 is 1. The Morgan fingerprint density at radius 1 is 1.26 bits per heavy atom. The van der Waals surface area contributed by atoms with Gasteiger partial charge in [-0.2, -0.15) is 4.99 Å². The Labute approximate surface area is 164 Å². The quantitative estimate of drug-likeness (QED) is 0.468. The second kappa shape index (κ2) is 8.79. The summed E-state index contributed by atoms with van der Waals surface area (Å²) in [5.41, 5.74) is 0.715. The number of benzene rings is 1. The molecule has 0 saturated heterocycles. The highest BCUT2D eigenvalue weighted by Gasteiger charge is 2.15. The van der Waals surface area contributed by atoms with Gasteiger partial charge in [-0.1, -0.05) is 23.5 Å². The summed E-state index contributed by atoms with van der Waals surface area (Å²) in [6.45, 7) is 1.99. The summed E-state index contributed by atoms with van der Waals surface area (Å²) >= 11 is 2.86. The van der Waals surface area contributed by atoms with Crippen LogP contribution in [0, 0.1) is 0 Å². The Hall–Kier alpha value is -2.71. The molecule has 140 valence electrons. The van der Waals surface area contributed by atoms with Gasteiger partial charge >= 0.3 is 5.97 Å². The Kier molecular flexibility index (Phi) is 6.20. The van der Waals surface area contributed by atoms with E-state index in [9.17, 15) is 9.59 Å². The van der Waals surface area contributed by atoms with E-state index < -0.39 is 11.9 Å². The molecule has 0 atom stereocenters. The summed E-state index contributed by atoms with van der Waals surface area (Å²) in [5.74, 6) is -0.186. The molecule has 0 aliphatic carbocycles. The molecule has 0 N–H and O–H groups in total. The van der Waals surface area contributed by atoms with E-state index in [0.29, 0.717) is 16.1 Å². The first-order chi connectivity index (χ1) is 13.1. The molecule has 8 heteroatoms. The number of carbonyl (C=O) groups is 2. The first-order valence-electron chi connectivity index (χ1n) is 8.24. The summed E-state index contributed by atoms with van der Waals surface area (Å²) < 4.78 is 13.0. The lowest BCUT2D eigenvalue weighted by molar-refractivity contribution is -0.143. The number of thiophene rings is 1. The maximum absolute atomic E-state index is 12.3. The number of fused-ring (bicyclic) bond motifs is 1. The van der Waals surface area contributed by atoms with Crippen LogP contribution in [0.4, 0.5) is 0 Å². The molecule has 3 aromatic rings. The largest absolute Gasteiger partial charge is 0.495 e. The summed E-state index contributed by atoms with van der Waals surface area (Å²) in [6, 6.07) is 9.39. The van der Waals surface area contributed by atoms with Gasteiger partial charge in [0, 0.05) is 11.0 Å². The smallest absolute Gasteiger partial charge is 0.326 e. The molecule has 0 aliphatic rings. The number of nitrogens with zero attached hydrogens (tertiary/aromatic N) is 2. The van der Waals surface area contributed by atoms with Crippen LogP contribution in [0.3, 0.4) is 0 Å². The van der Waals surface area contributed by atoms with Gasteiger partial charge in [-0.3, -0.25) is 9.59 Å². The van der Waals surface area contributed by atoms with E-state index in [-0.39, 0.29) is 13.2 Å². The van der Waals surface area contributed by atoms with Crippen molar-refractivity contribution < 1.29 is 19.1 Å². The monoisotopic (exact) mass is 402 g/mol. The number of carbonyl (C=O) groups excluding carboxylic acids is 2.